The Morgan fingerprint density at radius 3 is 2.23 bits per heavy atom. The smallest absolute Gasteiger partial charge is 0.0482 e. The monoisotopic (exact) mass is 173 g/mol. The highest BCUT2D eigenvalue weighted by Crippen LogP contribution is 2.21. The molecule has 0 aliphatic carbocycles. The number of hydrogen-bond donors (Lipinski definition) is 0. The fourth-order valence-electron chi connectivity index (χ4n) is 1.74. The molecule has 0 saturated heterocycles. The van der Waals surface area contributed by atoms with Crippen molar-refractivity contribution in [3.8, 4) is 0 Å². The number of nitrogens with zero attached hydrogens (tertiary/aromatic N) is 1. The average Bonchev–Trinajstić information content (AvgIpc) is 2.32. The highest BCUT2D eigenvalue weighted by Gasteiger charge is 2.03. The lowest BCUT2D eigenvalue weighted by atomic mass is 10.1. The maximum Gasteiger partial charge on any atom is 0.0482 e. The van der Waals surface area contributed by atoms with Crippen molar-refractivity contribution in [3.63, 3.8) is 0 Å². The van der Waals surface area contributed by atoms with Gasteiger partial charge in [-0.3, -0.25) is 0 Å². The highest BCUT2D eigenvalue weighted by atomic mass is 14.9. The fraction of sp³-hybridized carbons (Fsp3) is 0.333. The normalized spacial score (nSPS) is 11.1. The van der Waals surface area contributed by atoms with Gasteiger partial charge in [-0.1, -0.05) is 0 Å². The van der Waals surface area contributed by atoms with Crippen LogP contribution in [0.25, 0.3) is 10.9 Å². The molecule has 0 aliphatic heterocycles. The molecule has 0 aliphatic rings. The second-order valence-electron chi connectivity index (χ2n) is 3.84. The minimum atomic E-state index is 1.32. The lowest BCUT2D eigenvalue weighted by Crippen LogP contribution is -1.90. The topological polar surface area (TPSA) is 4.93 Å². The van der Waals surface area contributed by atoms with Crippen molar-refractivity contribution in [2.75, 3.05) is 0 Å². The van der Waals surface area contributed by atoms with Gasteiger partial charge in [-0.25, -0.2) is 0 Å². The maximum absolute atomic E-state index is 2.26. The molecule has 68 valence electrons. The Morgan fingerprint density at radius 2 is 1.54 bits per heavy atom. The Balaban J connectivity index is 2.89. The molecule has 0 N–H and O–H groups in total. The van der Waals surface area contributed by atoms with Crippen LogP contribution in [0.3, 0.4) is 0 Å². The summed E-state index contributed by atoms with van der Waals surface area (Å²) in [5, 5.41) is 1.35. The van der Waals surface area contributed by atoms with Crippen LogP contribution in [0, 0.1) is 20.8 Å². The van der Waals surface area contributed by atoms with E-state index in [1.54, 1.807) is 0 Å². The molecule has 1 heteroatoms. The van der Waals surface area contributed by atoms with Crippen molar-refractivity contribution in [2.45, 2.75) is 20.8 Å². The molecule has 0 atom stereocenters. The zero-order valence-electron chi connectivity index (χ0n) is 8.68. The zero-order valence-corrected chi connectivity index (χ0v) is 8.68. The van der Waals surface area contributed by atoms with Crippen LogP contribution in [0.2, 0.25) is 0 Å². The minimum Gasteiger partial charge on any atom is -0.348 e. The van der Waals surface area contributed by atoms with Crippen LogP contribution in [0.1, 0.15) is 16.8 Å². The van der Waals surface area contributed by atoms with Crippen LogP contribution in [0.5, 0.6) is 0 Å². The molecule has 0 spiro atoms. The van der Waals surface area contributed by atoms with Gasteiger partial charge >= 0.3 is 0 Å². The lowest BCUT2D eigenvalue weighted by Gasteiger charge is -2.02. The van der Waals surface area contributed by atoms with Crippen LogP contribution >= 0.6 is 0 Å². The summed E-state index contributed by atoms with van der Waals surface area (Å²) in [6, 6.07) is 6.76. The third-order valence-corrected chi connectivity index (χ3v) is 2.90. The van der Waals surface area contributed by atoms with Gasteiger partial charge in [-0.15, -0.1) is 0 Å². The first-order valence-electron chi connectivity index (χ1n) is 4.63. The number of benzene rings is 1. The van der Waals surface area contributed by atoms with Gasteiger partial charge in [0, 0.05) is 23.6 Å². The van der Waals surface area contributed by atoms with Crippen LogP contribution in [0.15, 0.2) is 18.2 Å². The van der Waals surface area contributed by atoms with Crippen molar-refractivity contribution >= 4 is 10.9 Å². The number of fused-ring (bicyclic) bond motifs is 1. The largest absolute Gasteiger partial charge is 0.348 e. The summed E-state index contributed by atoms with van der Waals surface area (Å²) in [6.45, 7) is 6.47. The van der Waals surface area contributed by atoms with Gasteiger partial charge in [-0.05, 0) is 50.1 Å². The fourth-order valence-corrected chi connectivity index (χ4v) is 1.74. The molecule has 2 aromatic rings. The van der Waals surface area contributed by atoms with Crippen LogP contribution in [0.4, 0.5) is 0 Å². The molecule has 0 fully saturated rings. The SMILES string of the molecule is Cc1cc2cc(C)n(C)c2cc1C. The summed E-state index contributed by atoms with van der Waals surface area (Å²) in [5.74, 6) is 0. The van der Waals surface area contributed by atoms with E-state index >= 15 is 0 Å². The average molecular weight is 173 g/mol. The Morgan fingerprint density at radius 1 is 0.923 bits per heavy atom. The van der Waals surface area contributed by atoms with E-state index in [-0.39, 0.29) is 0 Å². The third kappa shape index (κ3) is 1.15. The van der Waals surface area contributed by atoms with Gasteiger partial charge in [-0.2, -0.15) is 0 Å². The molecule has 0 bridgehead atoms. The molecule has 0 unspecified atom stereocenters. The van der Waals surface area contributed by atoms with E-state index < -0.39 is 0 Å². The Bertz CT molecular complexity index is 463. The first-order valence-corrected chi connectivity index (χ1v) is 4.63. The van der Waals surface area contributed by atoms with Gasteiger partial charge in [0.2, 0.25) is 0 Å². The minimum absolute atomic E-state index is 1.32. The summed E-state index contributed by atoms with van der Waals surface area (Å²) >= 11 is 0. The first-order chi connectivity index (χ1) is 6.09. The first kappa shape index (κ1) is 8.36. The standard InChI is InChI=1S/C12H15N/c1-8-5-11-7-10(3)13(4)12(11)6-9(8)2/h5-7H,1-4H3. The summed E-state index contributed by atoms with van der Waals surface area (Å²) in [6.07, 6.45) is 0. The Labute approximate surface area is 79.0 Å². The molecular weight excluding hydrogens is 158 g/mol. The molecule has 0 saturated carbocycles. The van der Waals surface area contributed by atoms with E-state index in [2.05, 4.69) is 50.6 Å². The van der Waals surface area contributed by atoms with Gasteiger partial charge < -0.3 is 4.57 Å². The zero-order chi connectivity index (χ0) is 9.59. The maximum atomic E-state index is 2.26. The number of aryl methyl sites for hydroxylation is 4. The molecule has 1 aromatic heterocycles. The van der Waals surface area contributed by atoms with E-state index in [0.29, 0.717) is 0 Å². The Kier molecular flexibility index (Phi) is 1.69. The van der Waals surface area contributed by atoms with Gasteiger partial charge in [0.25, 0.3) is 0 Å². The van der Waals surface area contributed by atoms with Gasteiger partial charge in [0.05, 0.1) is 0 Å². The van der Waals surface area contributed by atoms with E-state index in [1.807, 2.05) is 0 Å². The molecule has 2 rings (SSSR count). The quantitative estimate of drug-likeness (QED) is 0.577. The highest BCUT2D eigenvalue weighted by molar-refractivity contribution is 5.82. The second-order valence-corrected chi connectivity index (χ2v) is 3.84. The summed E-state index contributed by atoms with van der Waals surface area (Å²) in [4.78, 5) is 0. The van der Waals surface area contributed by atoms with Crippen molar-refractivity contribution in [1.29, 1.82) is 0 Å². The predicted octanol–water partition coefficient (Wildman–Crippen LogP) is 3.10. The molecule has 0 radical (unpaired) electrons. The number of rotatable bonds is 0. The summed E-state index contributed by atoms with van der Waals surface area (Å²) in [5.41, 5.74) is 5.40. The van der Waals surface area contributed by atoms with Crippen LogP contribution in [-0.2, 0) is 7.05 Å². The molecule has 13 heavy (non-hydrogen) atoms. The van der Waals surface area contributed by atoms with E-state index in [0.717, 1.165) is 0 Å². The third-order valence-electron chi connectivity index (χ3n) is 2.90. The van der Waals surface area contributed by atoms with Crippen molar-refractivity contribution in [3.05, 3.63) is 35.0 Å². The van der Waals surface area contributed by atoms with E-state index in [1.165, 1.54) is 27.7 Å². The Hall–Kier alpha value is -1.24. The number of aromatic nitrogens is 1. The number of hydrogen-bond acceptors (Lipinski definition) is 0. The van der Waals surface area contributed by atoms with Crippen molar-refractivity contribution in [1.82, 2.24) is 4.57 Å². The van der Waals surface area contributed by atoms with Crippen LogP contribution in [-0.4, -0.2) is 4.57 Å². The summed E-state index contributed by atoms with van der Waals surface area (Å²) in [7, 11) is 2.12. The molecule has 1 heterocycles. The van der Waals surface area contributed by atoms with Gasteiger partial charge in [0.1, 0.15) is 0 Å². The van der Waals surface area contributed by atoms with E-state index in [9.17, 15) is 0 Å². The van der Waals surface area contributed by atoms with Crippen molar-refractivity contribution < 1.29 is 0 Å². The van der Waals surface area contributed by atoms with Crippen molar-refractivity contribution in [2.24, 2.45) is 7.05 Å². The van der Waals surface area contributed by atoms with E-state index in [4.69, 9.17) is 0 Å². The van der Waals surface area contributed by atoms with Gasteiger partial charge in [0.15, 0.2) is 0 Å². The predicted molar refractivity (Wildman–Crippen MR) is 57.1 cm³/mol. The lowest BCUT2D eigenvalue weighted by molar-refractivity contribution is 0.917. The molecule has 0 amide bonds. The van der Waals surface area contributed by atoms with Crippen LogP contribution < -0.4 is 0 Å². The molecule has 1 nitrogen and oxygen atoms in total. The second kappa shape index (κ2) is 2.63. The summed E-state index contributed by atoms with van der Waals surface area (Å²) < 4.78 is 2.24. The molecular formula is C12H15N. The molecule has 1 aromatic carbocycles.